The predicted molar refractivity (Wildman–Crippen MR) is 112 cm³/mol. The van der Waals surface area contributed by atoms with Gasteiger partial charge in [-0.1, -0.05) is 22.7 Å². The summed E-state index contributed by atoms with van der Waals surface area (Å²) < 4.78 is 0. The zero-order chi connectivity index (χ0) is 20.9. The van der Waals surface area contributed by atoms with Gasteiger partial charge >= 0.3 is 0 Å². The van der Waals surface area contributed by atoms with E-state index >= 15 is 0 Å². The molecule has 0 spiro atoms. The van der Waals surface area contributed by atoms with Crippen molar-refractivity contribution < 1.29 is 9.59 Å². The third-order valence-corrected chi connectivity index (χ3v) is 6.63. The van der Waals surface area contributed by atoms with Crippen molar-refractivity contribution in [1.82, 2.24) is 30.4 Å². The Labute approximate surface area is 180 Å². The minimum Gasteiger partial charge on any atom is -0.301 e. The molecule has 2 amide bonds. The van der Waals surface area contributed by atoms with Gasteiger partial charge in [0.2, 0.25) is 22.1 Å². The molecule has 12 heteroatoms. The number of carbonyl (C=O) groups excluding carboxylic acids is 2. The minimum atomic E-state index is -0.167. The molecule has 3 aromatic rings. The maximum Gasteiger partial charge on any atom is 0.230 e. The van der Waals surface area contributed by atoms with Crippen LogP contribution in [0.2, 0.25) is 0 Å². The molecule has 0 aliphatic heterocycles. The van der Waals surface area contributed by atoms with Gasteiger partial charge in [0.25, 0.3) is 0 Å². The highest BCUT2D eigenvalue weighted by atomic mass is 32.1. The molecule has 1 aliphatic carbocycles. The maximum absolute atomic E-state index is 12.1. The van der Waals surface area contributed by atoms with Crippen LogP contribution in [0.3, 0.4) is 0 Å². The highest BCUT2D eigenvalue weighted by Crippen LogP contribution is 2.41. The standard InChI is InChI=1S/C18H20N8O2S2/c1-10(27)21-17-26-24-16(30-17)13-3-2-11(4-13)6-15-23-25-18(29-15)22-14(28)5-12-7-19-9-20-8-12/h7-9,11,13H,2-6H2,1H3,(H,21,26,27)(H,22,25,28)/t11-,13?/m1/s1. The summed E-state index contributed by atoms with van der Waals surface area (Å²) in [5, 5.41) is 25.0. The number of nitrogens with one attached hydrogen (secondary N) is 2. The fourth-order valence-corrected chi connectivity index (χ4v) is 5.30. The van der Waals surface area contributed by atoms with E-state index in [1.54, 1.807) is 12.4 Å². The minimum absolute atomic E-state index is 0.140. The monoisotopic (exact) mass is 444 g/mol. The Morgan fingerprint density at radius 1 is 1.03 bits per heavy atom. The average Bonchev–Trinajstić information content (AvgIpc) is 3.44. The number of carbonyl (C=O) groups is 2. The number of hydrogen-bond acceptors (Lipinski definition) is 10. The third kappa shape index (κ3) is 5.39. The first-order valence-electron chi connectivity index (χ1n) is 9.52. The molecule has 156 valence electrons. The molecule has 2 atom stereocenters. The Balaban J connectivity index is 1.27. The van der Waals surface area contributed by atoms with Crippen molar-refractivity contribution in [2.75, 3.05) is 10.6 Å². The summed E-state index contributed by atoms with van der Waals surface area (Å²) in [4.78, 5) is 31.1. The van der Waals surface area contributed by atoms with Gasteiger partial charge in [-0.2, -0.15) is 0 Å². The Kier molecular flexibility index (Phi) is 6.33. The molecule has 2 N–H and O–H groups in total. The van der Waals surface area contributed by atoms with Crippen LogP contribution in [0.4, 0.5) is 10.3 Å². The Morgan fingerprint density at radius 3 is 2.60 bits per heavy atom. The second kappa shape index (κ2) is 9.30. The van der Waals surface area contributed by atoms with E-state index in [-0.39, 0.29) is 18.2 Å². The van der Waals surface area contributed by atoms with Crippen LogP contribution in [-0.4, -0.2) is 42.2 Å². The van der Waals surface area contributed by atoms with E-state index in [2.05, 4.69) is 41.0 Å². The van der Waals surface area contributed by atoms with Gasteiger partial charge in [-0.3, -0.25) is 9.59 Å². The van der Waals surface area contributed by atoms with Crippen LogP contribution in [0, 0.1) is 5.92 Å². The lowest BCUT2D eigenvalue weighted by Gasteiger charge is -2.06. The molecular weight excluding hydrogens is 424 g/mol. The van der Waals surface area contributed by atoms with Gasteiger partial charge in [-0.05, 0) is 30.7 Å². The highest BCUT2D eigenvalue weighted by Gasteiger charge is 2.29. The van der Waals surface area contributed by atoms with Crippen LogP contribution in [0.25, 0.3) is 0 Å². The molecule has 1 fully saturated rings. The van der Waals surface area contributed by atoms with E-state index < -0.39 is 0 Å². The molecule has 0 radical (unpaired) electrons. The van der Waals surface area contributed by atoms with Crippen LogP contribution >= 0.6 is 22.7 Å². The molecule has 4 rings (SSSR count). The van der Waals surface area contributed by atoms with Gasteiger partial charge in [-0.15, -0.1) is 20.4 Å². The summed E-state index contributed by atoms with van der Waals surface area (Å²) in [6.45, 7) is 1.46. The molecule has 1 saturated carbocycles. The second-order valence-electron chi connectivity index (χ2n) is 7.18. The van der Waals surface area contributed by atoms with Crippen LogP contribution in [0.15, 0.2) is 18.7 Å². The molecule has 1 aliphatic rings. The fourth-order valence-electron chi connectivity index (χ4n) is 3.49. The average molecular weight is 445 g/mol. The van der Waals surface area contributed by atoms with Gasteiger partial charge in [0, 0.05) is 31.7 Å². The lowest BCUT2D eigenvalue weighted by atomic mass is 10.0. The van der Waals surface area contributed by atoms with Crippen molar-refractivity contribution >= 4 is 44.8 Å². The van der Waals surface area contributed by atoms with E-state index in [0.29, 0.717) is 22.1 Å². The van der Waals surface area contributed by atoms with Crippen molar-refractivity contribution in [3.63, 3.8) is 0 Å². The predicted octanol–water partition coefficient (Wildman–Crippen LogP) is 2.45. The number of nitrogens with zero attached hydrogens (tertiary/aromatic N) is 6. The first-order valence-corrected chi connectivity index (χ1v) is 11.2. The normalized spacial score (nSPS) is 18.3. The second-order valence-corrected chi connectivity index (χ2v) is 9.25. The van der Waals surface area contributed by atoms with Gasteiger partial charge in [0.05, 0.1) is 6.42 Å². The lowest BCUT2D eigenvalue weighted by Crippen LogP contribution is -2.14. The van der Waals surface area contributed by atoms with Crippen molar-refractivity contribution in [3.05, 3.63) is 34.3 Å². The smallest absolute Gasteiger partial charge is 0.230 e. The summed E-state index contributed by atoms with van der Waals surface area (Å²) in [7, 11) is 0. The first-order chi connectivity index (χ1) is 14.5. The molecule has 0 saturated heterocycles. The fraction of sp³-hybridized carbons (Fsp3) is 0.444. The van der Waals surface area contributed by atoms with E-state index in [1.807, 2.05) is 0 Å². The largest absolute Gasteiger partial charge is 0.301 e. The summed E-state index contributed by atoms with van der Waals surface area (Å²) in [6.07, 6.45) is 8.81. The number of hydrogen-bond donors (Lipinski definition) is 2. The summed E-state index contributed by atoms with van der Waals surface area (Å²) in [5.74, 6) is 0.536. The Hall–Kier alpha value is -2.86. The van der Waals surface area contributed by atoms with E-state index in [1.165, 1.54) is 35.9 Å². The van der Waals surface area contributed by atoms with Crippen molar-refractivity contribution in [1.29, 1.82) is 0 Å². The first kappa shape index (κ1) is 20.4. The van der Waals surface area contributed by atoms with Crippen LogP contribution in [-0.2, 0) is 22.4 Å². The number of aromatic nitrogens is 6. The quantitative estimate of drug-likeness (QED) is 0.567. The van der Waals surface area contributed by atoms with Gasteiger partial charge in [0.15, 0.2) is 0 Å². The third-order valence-electron chi connectivity index (χ3n) is 4.77. The van der Waals surface area contributed by atoms with Crippen LogP contribution in [0.5, 0.6) is 0 Å². The van der Waals surface area contributed by atoms with Crippen LogP contribution in [0.1, 0.15) is 47.7 Å². The molecule has 0 bridgehead atoms. The van der Waals surface area contributed by atoms with Gasteiger partial charge < -0.3 is 10.6 Å². The van der Waals surface area contributed by atoms with E-state index in [4.69, 9.17) is 0 Å². The lowest BCUT2D eigenvalue weighted by molar-refractivity contribution is -0.116. The van der Waals surface area contributed by atoms with Crippen molar-refractivity contribution in [3.8, 4) is 0 Å². The maximum atomic E-state index is 12.1. The Morgan fingerprint density at radius 2 is 1.80 bits per heavy atom. The van der Waals surface area contributed by atoms with E-state index in [9.17, 15) is 9.59 Å². The van der Waals surface area contributed by atoms with Crippen molar-refractivity contribution in [2.45, 2.75) is 44.9 Å². The molecule has 1 unspecified atom stereocenters. The molecule has 30 heavy (non-hydrogen) atoms. The Bertz CT molecular complexity index is 1020. The van der Waals surface area contributed by atoms with Gasteiger partial charge in [-0.25, -0.2) is 9.97 Å². The van der Waals surface area contributed by atoms with Crippen molar-refractivity contribution in [2.24, 2.45) is 5.92 Å². The zero-order valence-corrected chi connectivity index (χ0v) is 17.9. The van der Waals surface area contributed by atoms with Gasteiger partial charge in [0.1, 0.15) is 16.3 Å². The van der Waals surface area contributed by atoms with E-state index in [0.717, 1.165) is 41.3 Å². The highest BCUT2D eigenvalue weighted by molar-refractivity contribution is 7.15. The molecular formula is C18H20N8O2S2. The van der Waals surface area contributed by atoms with Crippen LogP contribution < -0.4 is 10.6 Å². The SMILES string of the molecule is CC(=O)Nc1nnc(C2CC[C@@H](Cc3nnc(NC(=O)Cc4cncnc4)s3)C2)s1. The number of rotatable bonds is 7. The number of amides is 2. The molecule has 3 heterocycles. The summed E-state index contributed by atoms with van der Waals surface area (Å²) >= 11 is 2.85. The molecule has 10 nitrogen and oxygen atoms in total. The number of anilines is 2. The zero-order valence-electron chi connectivity index (χ0n) is 16.2. The molecule has 0 aromatic carbocycles. The topological polar surface area (TPSA) is 136 Å². The summed E-state index contributed by atoms with van der Waals surface area (Å²) in [6, 6.07) is 0. The molecule has 3 aromatic heterocycles. The summed E-state index contributed by atoms with van der Waals surface area (Å²) in [5.41, 5.74) is 0.745.